The zero-order valence-electron chi connectivity index (χ0n) is 22.3. The number of carbonyl (C=O) groups is 2. The van der Waals surface area contributed by atoms with Gasteiger partial charge in [-0.05, 0) is 6.92 Å². The van der Waals surface area contributed by atoms with Crippen LogP contribution in [-0.2, 0) is 42.7 Å². The minimum absolute atomic E-state index is 0.368. The van der Waals surface area contributed by atoms with E-state index in [0.29, 0.717) is 0 Å². The fourth-order valence-corrected chi connectivity index (χ4v) is 5.20. The number of hydrogen-bond acceptors (Lipinski definition) is 16. The Hall–Kier alpha value is -1.62. The van der Waals surface area contributed by atoms with Crippen molar-refractivity contribution in [1.82, 2.24) is 5.32 Å². The van der Waals surface area contributed by atoms with Gasteiger partial charge in [0.2, 0.25) is 5.91 Å². The summed E-state index contributed by atoms with van der Waals surface area (Å²) < 4.78 is 38.7. The summed E-state index contributed by atoms with van der Waals surface area (Å²) >= 11 is 0. The van der Waals surface area contributed by atoms with E-state index in [1.807, 2.05) is 0 Å². The second kappa shape index (κ2) is 12.5. The molecule has 0 spiro atoms. The maximum Gasteiger partial charge on any atom is 0.364 e. The highest BCUT2D eigenvalue weighted by Gasteiger charge is 2.57. The van der Waals surface area contributed by atoms with Crippen molar-refractivity contribution in [2.75, 3.05) is 13.2 Å². The van der Waals surface area contributed by atoms with E-state index in [2.05, 4.69) is 5.32 Å². The summed E-state index contributed by atoms with van der Waals surface area (Å²) in [5.41, 5.74) is 0. The van der Waals surface area contributed by atoms with Crippen LogP contribution in [0.1, 0.15) is 20.8 Å². The predicted molar refractivity (Wildman–Crippen MR) is 125 cm³/mol. The van der Waals surface area contributed by atoms with Crippen LogP contribution in [0.15, 0.2) is 0 Å². The quantitative estimate of drug-likeness (QED) is 0.132. The van der Waals surface area contributed by atoms with Gasteiger partial charge >= 0.3 is 5.97 Å². The maximum absolute atomic E-state index is 12.0. The average molecular weight is 600 g/mol. The number of aliphatic carboxylic acids is 1. The Morgan fingerprint density at radius 3 is 2.17 bits per heavy atom. The van der Waals surface area contributed by atoms with Crippen molar-refractivity contribution >= 4 is 11.9 Å². The van der Waals surface area contributed by atoms with Crippen LogP contribution in [0.3, 0.4) is 0 Å². The molecule has 2 unspecified atom stereocenters. The number of ether oxygens (including phenoxy) is 7. The Morgan fingerprint density at radius 1 is 0.902 bits per heavy atom. The van der Waals surface area contributed by atoms with Gasteiger partial charge in [-0.2, -0.15) is 0 Å². The topological polar surface area (TPSA) is 273 Å². The standard InChI is InChI=1S/C23H37NO17/c1-6-16(13(29)14(30)19(32)36-6)39-21-15(31)18(11(27)8(4-25)37-21)40-20-10(24-7(2)26)12(28)17-9(38-20)5-35-23(3,41-17)22(33)34/h6,8-21,25,27-32H,4-5H2,1-3H3,(H,24,26)(H,33,34)/t6-,8+,9+,10+,11-,12+,13-,14+,15+,16-,17+,18-,19?,20-,21+,23?/m0/s1. The fourth-order valence-electron chi connectivity index (χ4n) is 5.20. The third-order valence-electron chi connectivity index (χ3n) is 7.52. The number of aliphatic hydroxyl groups excluding tert-OH is 7. The van der Waals surface area contributed by atoms with Gasteiger partial charge in [0.15, 0.2) is 18.9 Å². The van der Waals surface area contributed by atoms with Crippen LogP contribution in [0.25, 0.3) is 0 Å². The summed E-state index contributed by atoms with van der Waals surface area (Å²) in [4.78, 5) is 23.6. The van der Waals surface area contributed by atoms with Crippen molar-refractivity contribution in [2.24, 2.45) is 0 Å². The van der Waals surface area contributed by atoms with E-state index < -0.39 is 116 Å². The van der Waals surface area contributed by atoms with E-state index in [-0.39, 0.29) is 6.61 Å². The van der Waals surface area contributed by atoms with Crippen molar-refractivity contribution in [1.29, 1.82) is 0 Å². The molecule has 0 saturated carbocycles. The molecule has 18 nitrogen and oxygen atoms in total. The van der Waals surface area contributed by atoms with Crippen molar-refractivity contribution in [3.05, 3.63) is 0 Å². The molecule has 4 aliphatic rings. The summed E-state index contributed by atoms with van der Waals surface area (Å²) in [5, 5.41) is 84.8. The lowest BCUT2D eigenvalue weighted by atomic mass is 9.94. The molecule has 236 valence electrons. The highest BCUT2D eigenvalue weighted by molar-refractivity contribution is 5.75. The van der Waals surface area contributed by atoms with Crippen molar-refractivity contribution < 1.29 is 83.6 Å². The fraction of sp³-hybridized carbons (Fsp3) is 0.913. The summed E-state index contributed by atoms with van der Waals surface area (Å²) in [6, 6.07) is -1.40. The molecule has 0 aromatic carbocycles. The van der Waals surface area contributed by atoms with Gasteiger partial charge in [0.05, 0.1) is 19.3 Å². The smallest absolute Gasteiger partial charge is 0.364 e. The zero-order valence-corrected chi connectivity index (χ0v) is 22.3. The van der Waals surface area contributed by atoms with Crippen molar-refractivity contribution in [3.63, 3.8) is 0 Å². The van der Waals surface area contributed by atoms with E-state index in [9.17, 15) is 50.4 Å². The number of rotatable bonds is 7. The van der Waals surface area contributed by atoms with E-state index in [1.54, 1.807) is 0 Å². The molecule has 0 aromatic rings. The predicted octanol–water partition coefficient (Wildman–Crippen LogP) is -5.54. The second-order valence-corrected chi connectivity index (χ2v) is 10.5. The molecule has 4 aliphatic heterocycles. The maximum atomic E-state index is 12.0. The van der Waals surface area contributed by atoms with Crippen LogP contribution in [0.5, 0.6) is 0 Å². The minimum Gasteiger partial charge on any atom is -0.477 e. The van der Waals surface area contributed by atoms with Gasteiger partial charge in [-0.15, -0.1) is 0 Å². The van der Waals surface area contributed by atoms with Gasteiger partial charge < -0.3 is 79.3 Å². The number of carbonyl (C=O) groups excluding carboxylic acids is 1. The van der Waals surface area contributed by atoms with E-state index >= 15 is 0 Å². The first-order valence-electron chi connectivity index (χ1n) is 13.0. The summed E-state index contributed by atoms with van der Waals surface area (Å²) in [5.74, 6) is -4.21. The van der Waals surface area contributed by atoms with Gasteiger partial charge in [-0.1, -0.05) is 0 Å². The van der Waals surface area contributed by atoms with Gasteiger partial charge in [-0.3, -0.25) is 4.79 Å². The molecule has 1 amide bonds. The molecule has 18 heteroatoms. The third-order valence-corrected chi connectivity index (χ3v) is 7.52. The van der Waals surface area contributed by atoms with E-state index in [0.717, 1.165) is 13.8 Å². The lowest BCUT2D eigenvalue weighted by molar-refractivity contribution is -0.390. The number of amides is 1. The lowest BCUT2D eigenvalue weighted by Crippen LogP contribution is -2.71. The number of hydrogen-bond donors (Lipinski definition) is 9. The SMILES string of the molecule is CC(=O)N[C@H]1[C@H](O[C@H]2[C@@H](O)[C@@H](CO)O[C@H](O[C@@H]3[C@@H](O)[C@@H](O)C(O)O[C@H]3C)[C@@H]2O)O[C@@H]2COC(C)(C(=O)O)O[C@H]2[C@@H]1O. The van der Waals surface area contributed by atoms with Gasteiger partial charge in [0.1, 0.15) is 67.1 Å². The molecular weight excluding hydrogens is 562 g/mol. The van der Waals surface area contributed by atoms with Crippen molar-refractivity contribution in [2.45, 2.75) is 119 Å². The Balaban J connectivity index is 1.55. The first-order chi connectivity index (χ1) is 19.2. The van der Waals surface area contributed by atoms with Gasteiger partial charge in [0.25, 0.3) is 5.79 Å². The molecule has 41 heavy (non-hydrogen) atoms. The van der Waals surface area contributed by atoms with Crippen LogP contribution in [0, 0.1) is 0 Å². The molecule has 4 rings (SSSR count). The molecule has 0 bridgehead atoms. The highest BCUT2D eigenvalue weighted by atomic mass is 16.8. The number of aliphatic hydroxyl groups is 7. The molecule has 9 N–H and O–H groups in total. The highest BCUT2D eigenvalue weighted by Crippen LogP contribution is 2.36. The first kappa shape index (κ1) is 32.3. The number of carboxylic acid groups (broad SMARTS) is 1. The molecule has 16 atom stereocenters. The first-order valence-corrected chi connectivity index (χ1v) is 13.0. The Bertz CT molecular complexity index is 942. The molecule has 0 radical (unpaired) electrons. The molecule has 0 aliphatic carbocycles. The Morgan fingerprint density at radius 2 is 1.56 bits per heavy atom. The molecule has 4 saturated heterocycles. The average Bonchev–Trinajstić information content (AvgIpc) is 2.91. The van der Waals surface area contributed by atoms with Crippen LogP contribution >= 0.6 is 0 Å². The molecule has 0 aromatic heterocycles. The summed E-state index contributed by atoms with van der Waals surface area (Å²) in [7, 11) is 0. The molecule has 4 fully saturated rings. The van der Waals surface area contributed by atoms with Crippen LogP contribution in [0.4, 0.5) is 0 Å². The number of fused-ring (bicyclic) bond motifs is 1. The Kier molecular flexibility index (Phi) is 9.88. The van der Waals surface area contributed by atoms with E-state index in [1.165, 1.54) is 6.92 Å². The second-order valence-electron chi connectivity index (χ2n) is 10.5. The normalized spacial score (nSPS) is 50.5. The monoisotopic (exact) mass is 599 g/mol. The largest absolute Gasteiger partial charge is 0.477 e. The van der Waals surface area contributed by atoms with E-state index in [4.69, 9.17) is 33.2 Å². The number of nitrogens with one attached hydrogen (secondary N) is 1. The third kappa shape index (κ3) is 6.36. The Labute approximate surface area is 233 Å². The zero-order chi connectivity index (χ0) is 30.4. The summed E-state index contributed by atoms with van der Waals surface area (Å²) in [6.07, 6.45) is -21.4. The van der Waals surface area contributed by atoms with Gasteiger partial charge in [-0.25, -0.2) is 4.79 Å². The van der Waals surface area contributed by atoms with Crippen LogP contribution in [-0.4, -0.2) is 164 Å². The summed E-state index contributed by atoms with van der Waals surface area (Å²) in [6.45, 7) is 2.53. The van der Waals surface area contributed by atoms with Gasteiger partial charge in [0, 0.05) is 13.8 Å². The minimum atomic E-state index is -2.11. The van der Waals surface area contributed by atoms with Crippen LogP contribution < -0.4 is 5.32 Å². The molecule has 4 heterocycles. The number of carboxylic acids is 1. The lowest BCUT2D eigenvalue weighted by Gasteiger charge is -2.51. The molecular formula is C23H37NO17. The van der Waals surface area contributed by atoms with Crippen LogP contribution in [0.2, 0.25) is 0 Å². The van der Waals surface area contributed by atoms with Crippen molar-refractivity contribution in [3.8, 4) is 0 Å².